The molecule has 7 rings (SSSR count). The predicted molar refractivity (Wildman–Crippen MR) is 206 cm³/mol. The number of benzene rings is 2. The molecule has 3 aliphatic heterocycles. The van der Waals surface area contributed by atoms with Gasteiger partial charge >= 0.3 is 12.1 Å². The molecule has 2 N–H and O–H groups in total. The first-order chi connectivity index (χ1) is 26.5. The molecule has 16 heteroatoms. The minimum Gasteiger partial charge on any atom is -0.490 e. The van der Waals surface area contributed by atoms with Gasteiger partial charge in [-0.3, -0.25) is 9.69 Å². The number of hydrogen-bond acceptors (Lipinski definition) is 9. The van der Waals surface area contributed by atoms with Crippen LogP contribution >= 0.6 is 11.6 Å². The van der Waals surface area contributed by atoms with Crippen LogP contribution in [0.4, 0.5) is 18.9 Å². The average Bonchev–Trinajstić information content (AvgIpc) is 3.26. The van der Waals surface area contributed by atoms with E-state index < -0.39 is 33.3 Å². The van der Waals surface area contributed by atoms with Crippen LogP contribution in [0.15, 0.2) is 48.6 Å². The van der Waals surface area contributed by atoms with Gasteiger partial charge < -0.3 is 24.2 Å². The summed E-state index contributed by atoms with van der Waals surface area (Å²) in [5.74, 6) is -2.14. The van der Waals surface area contributed by atoms with Gasteiger partial charge in [0.2, 0.25) is 10.0 Å². The number of likely N-dealkylation sites (tertiary alicyclic amines) is 1. The molecule has 0 aromatic heterocycles. The quantitative estimate of drug-likeness (QED) is 0.334. The number of carbonyl (C=O) groups is 2. The summed E-state index contributed by atoms with van der Waals surface area (Å²) in [5, 5.41) is 7.11. The molecule has 0 radical (unpaired) electrons. The van der Waals surface area contributed by atoms with Crippen molar-refractivity contribution in [3.63, 3.8) is 0 Å². The van der Waals surface area contributed by atoms with E-state index in [9.17, 15) is 26.4 Å². The van der Waals surface area contributed by atoms with E-state index >= 15 is 0 Å². The van der Waals surface area contributed by atoms with Crippen molar-refractivity contribution in [2.45, 2.75) is 81.4 Å². The summed E-state index contributed by atoms with van der Waals surface area (Å²) in [7, 11) is -2.16. The second-order valence-corrected chi connectivity index (χ2v) is 18.3. The molecule has 11 nitrogen and oxygen atoms in total. The minimum absolute atomic E-state index is 0.0643. The van der Waals surface area contributed by atoms with Gasteiger partial charge in [-0.2, -0.15) is 13.2 Å². The number of nitrogens with one attached hydrogen (secondary N) is 1. The Morgan fingerprint density at radius 2 is 1.88 bits per heavy atom. The van der Waals surface area contributed by atoms with E-state index in [1.807, 2.05) is 25.1 Å². The highest BCUT2D eigenvalue weighted by Gasteiger charge is 2.45. The number of alkyl halides is 3. The molecule has 5 aliphatic rings. The molecular weight excluding hydrogens is 775 g/mol. The lowest BCUT2D eigenvalue weighted by Crippen LogP contribution is -2.53. The summed E-state index contributed by atoms with van der Waals surface area (Å²) in [4.78, 5) is 27.2. The van der Waals surface area contributed by atoms with E-state index in [1.54, 1.807) is 20.1 Å². The summed E-state index contributed by atoms with van der Waals surface area (Å²) in [6.45, 7) is 8.99. The van der Waals surface area contributed by atoms with E-state index in [0.29, 0.717) is 48.9 Å². The van der Waals surface area contributed by atoms with Crippen LogP contribution in [0.2, 0.25) is 5.02 Å². The number of fused-ring (bicyclic) bond motifs is 4. The average molecular weight is 826 g/mol. The Hall–Kier alpha value is -3.37. The van der Waals surface area contributed by atoms with Crippen molar-refractivity contribution in [2.75, 3.05) is 57.9 Å². The van der Waals surface area contributed by atoms with Crippen LogP contribution in [0.3, 0.4) is 0 Å². The number of carboxylic acid groups (broad SMARTS) is 1. The first-order valence-electron chi connectivity index (χ1n) is 19.2. The molecule has 308 valence electrons. The number of allylic oxidation sites excluding steroid dienone is 1. The number of methoxy groups -OCH3 is 1. The van der Waals surface area contributed by atoms with Gasteiger partial charge in [0.05, 0.1) is 36.4 Å². The molecule has 0 unspecified atom stereocenters. The highest BCUT2D eigenvalue weighted by molar-refractivity contribution is 7.90. The maximum atomic E-state index is 13.5. The van der Waals surface area contributed by atoms with Crippen LogP contribution in [0.5, 0.6) is 5.75 Å². The topological polar surface area (TPSA) is 135 Å². The Morgan fingerprint density at radius 1 is 1.12 bits per heavy atom. The zero-order chi connectivity index (χ0) is 40.4. The van der Waals surface area contributed by atoms with Gasteiger partial charge in [-0.1, -0.05) is 36.7 Å². The molecule has 3 heterocycles. The first kappa shape index (κ1) is 42.2. The number of amides is 1. The SMILES string of the molecule is COC1CN(CCO[C@H]2/C=C/C[C@H](C)[C@@H](C)S(=O)(=O)NC(=O)c3ccc4c(c3)N(C[C@@H]3CC[C@H]32)C[C@@]2(CCCc3cc(Cl)ccc32)CO4)C1.O=C(O)C(F)(F)F. The first-order valence-corrected chi connectivity index (χ1v) is 21.1. The van der Waals surface area contributed by atoms with Gasteiger partial charge in [0.25, 0.3) is 5.91 Å². The van der Waals surface area contributed by atoms with Crippen LogP contribution in [0.1, 0.15) is 67.4 Å². The fraction of sp³-hybridized carbons (Fsp3) is 0.600. The van der Waals surface area contributed by atoms with Crippen molar-refractivity contribution in [2.24, 2.45) is 17.8 Å². The van der Waals surface area contributed by atoms with Crippen LogP contribution in [0.25, 0.3) is 0 Å². The third kappa shape index (κ3) is 9.49. The van der Waals surface area contributed by atoms with Crippen molar-refractivity contribution < 1.29 is 50.5 Å². The number of aryl methyl sites for hydroxylation is 1. The fourth-order valence-corrected chi connectivity index (χ4v) is 9.97. The maximum Gasteiger partial charge on any atom is 0.490 e. The maximum absolute atomic E-state index is 13.5. The zero-order valence-electron chi connectivity index (χ0n) is 31.9. The second kappa shape index (κ2) is 17.2. The van der Waals surface area contributed by atoms with Crippen LogP contribution in [-0.2, 0) is 36.1 Å². The van der Waals surface area contributed by atoms with Gasteiger partial charge in [-0.05, 0) is 105 Å². The summed E-state index contributed by atoms with van der Waals surface area (Å²) in [6, 6.07) is 11.6. The monoisotopic (exact) mass is 825 g/mol. The molecule has 6 atom stereocenters. The van der Waals surface area contributed by atoms with E-state index in [1.165, 1.54) is 11.1 Å². The van der Waals surface area contributed by atoms with E-state index in [-0.39, 0.29) is 17.4 Å². The molecule has 1 amide bonds. The zero-order valence-corrected chi connectivity index (χ0v) is 33.5. The summed E-state index contributed by atoms with van der Waals surface area (Å²) >= 11 is 6.46. The smallest absolute Gasteiger partial charge is 0.490 e. The molecule has 2 bridgehead atoms. The molecule has 2 aliphatic carbocycles. The molecule has 1 spiro atoms. The van der Waals surface area contributed by atoms with Crippen molar-refractivity contribution in [1.29, 1.82) is 0 Å². The van der Waals surface area contributed by atoms with Gasteiger partial charge in [-0.25, -0.2) is 17.9 Å². The van der Waals surface area contributed by atoms with E-state index in [0.717, 1.165) is 75.5 Å². The number of aliphatic carboxylic acids is 1. The van der Waals surface area contributed by atoms with Gasteiger partial charge in [0.1, 0.15) is 5.75 Å². The Balaban J connectivity index is 0.000000695. The van der Waals surface area contributed by atoms with Crippen molar-refractivity contribution >= 4 is 39.2 Å². The highest BCUT2D eigenvalue weighted by atomic mass is 35.5. The van der Waals surface area contributed by atoms with Crippen molar-refractivity contribution in [3.05, 3.63) is 70.3 Å². The van der Waals surface area contributed by atoms with Gasteiger partial charge in [-0.15, -0.1) is 0 Å². The molecule has 2 aromatic rings. The standard InChI is InChI=1S/C38H50ClN3O6S.C2HF3O2/c1-25-6-4-8-35(47-17-16-41-21-31(22-41)46-3)32-12-9-29(32)20-42-23-38(15-5-7-27-18-30(39)11-13-33(27)38)24-48-36-14-10-28(19-34(36)42)37(43)40-49(44,45)26(25)2;3-2(4,5)1(6)7/h4,8,10-11,13-14,18-19,25-26,29,31-32,35H,5-7,9,12,15-17,20-24H2,1-3H3,(H,40,43);(H,6,7)/b8-4+;/t25-,26+,29-,32+,35-,38-;/m0./s1. The largest absolute Gasteiger partial charge is 0.490 e. The summed E-state index contributed by atoms with van der Waals surface area (Å²) in [5.41, 5.74) is 3.45. The van der Waals surface area contributed by atoms with E-state index in [2.05, 4.69) is 38.8 Å². The van der Waals surface area contributed by atoms with Crippen LogP contribution in [0, 0.1) is 17.8 Å². The minimum atomic E-state index is -5.08. The lowest BCUT2D eigenvalue weighted by atomic mass is 9.68. The number of carboxylic acids is 1. The molecular formula is C40H51ClF3N3O8S. The number of ether oxygens (including phenoxy) is 3. The van der Waals surface area contributed by atoms with Gasteiger partial charge in [0.15, 0.2) is 0 Å². The lowest BCUT2D eigenvalue weighted by Gasteiger charge is -2.46. The molecule has 56 heavy (non-hydrogen) atoms. The molecule has 2 fully saturated rings. The number of hydrogen-bond donors (Lipinski definition) is 2. The van der Waals surface area contributed by atoms with Gasteiger partial charge in [0, 0.05) is 55.8 Å². The Kier molecular flexibility index (Phi) is 13.0. The van der Waals surface area contributed by atoms with Crippen LogP contribution < -0.4 is 14.4 Å². The Bertz CT molecular complexity index is 1890. The van der Waals surface area contributed by atoms with E-state index in [4.69, 9.17) is 35.7 Å². The third-order valence-corrected chi connectivity index (χ3v) is 14.4. The summed E-state index contributed by atoms with van der Waals surface area (Å²) < 4.78 is 79.7. The van der Waals surface area contributed by atoms with Crippen LogP contribution in [-0.4, -0.2) is 107 Å². The summed E-state index contributed by atoms with van der Waals surface area (Å²) in [6.07, 6.45) is 5.17. The predicted octanol–water partition coefficient (Wildman–Crippen LogP) is 6.23. The second-order valence-electron chi connectivity index (χ2n) is 15.9. The Labute approximate surface area is 331 Å². The number of anilines is 1. The third-order valence-electron chi connectivity index (χ3n) is 12.2. The normalized spacial score (nSPS) is 29.8. The molecule has 1 saturated heterocycles. The molecule has 2 aromatic carbocycles. The molecule has 1 saturated carbocycles. The number of sulfonamides is 1. The fourth-order valence-electron chi connectivity index (χ4n) is 8.49. The lowest BCUT2D eigenvalue weighted by molar-refractivity contribution is -0.192. The number of nitrogens with zero attached hydrogens (tertiary/aromatic N) is 2. The Morgan fingerprint density at radius 3 is 2.55 bits per heavy atom. The number of carbonyl (C=O) groups excluding carboxylic acids is 1. The number of halogens is 4. The van der Waals surface area contributed by atoms with Crippen molar-refractivity contribution in [1.82, 2.24) is 9.62 Å². The highest BCUT2D eigenvalue weighted by Crippen LogP contribution is 2.47. The van der Waals surface area contributed by atoms with Crippen molar-refractivity contribution in [3.8, 4) is 5.75 Å². The number of rotatable bonds is 5.